The monoisotopic (exact) mass is 379 g/mol. The predicted octanol–water partition coefficient (Wildman–Crippen LogP) is 3.58. The number of phenolic OH excluding ortho intramolecular Hbond substituents is 1. The fourth-order valence-corrected chi connectivity index (χ4v) is 3.10. The molecular weight excluding hydrogens is 363 g/mol. The summed E-state index contributed by atoms with van der Waals surface area (Å²) in [5.41, 5.74) is 0.631. The molecule has 6 nitrogen and oxygen atoms in total. The van der Waals surface area contributed by atoms with Crippen molar-refractivity contribution < 1.29 is 27.4 Å². The lowest BCUT2D eigenvalue weighted by atomic mass is 10.0. The molecule has 27 heavy (non-hydrogen) atoms. The fourth-order valence-electron chi connectivity index (χ4n) is 3.10. The van der Waals surface area contributed by atoms with Crippen LogP contribution in [0.3, 0.4) is 0 Å². The third-order valence-electron chi connectivity index (χ3n) is 4.37. The van der Waals surface area contributed by atoms with E-state index >= 15 is 0 Å². The number of morpholine rings is 1. The fraction of sp³-hybridized carbons (Fsp3) is 0.333. The van der Waals surface area contributed by atoms with Crippen LogP contribution in [0, 0.1) is 6.92 Å². The third kappa shape index (κ3) is 3.35. The Bertz CT molecular complexity index is 971. The molecule has 1 aliphatic heterocycles. The van der Waals surface area contributed by atoms with Gasteiger partial charge in [0.25, 0.3) is 0 Å². The van der Waals surface area contributed by atoms with Gasteiger partial charge in [-0.15, -0.1) is 0 Å². The zero-order valence-electron chi connectivity index (χ0n) is 14.3. The highest BCUT2D eigenvalue weighted by molar-refractivity contribution is 5.77. The van der Waals surface area contributed by atoms with E-state index in [-0.39, 0.29) is 17.2 Å². The SMILES string of the molecule is Cc1cc(C(F)(F)F)cc(O)c1-c1ccc2oc(C3CNCCO3)nc2n1. The molecule has 1 atom stereocenters. The van der Waals surface area contributed by atoms with E-state index in [1.54, 1.807) is 12.1 Å². The van der Waals surface area contributed by atoms with E-state index in [9.17, 15) is 18.3 Å². The second-order valence-corrected chi connectivity index (χ2v) is 6.32. The van der Waals surface area contributed by atoms with Crippen LogP contribution in [0.4, 0.5) is 13.2 Å². The molecule has 0 saturated carbocycles. The van der Waals surface area contributed by atoms with Gasteiger partial charge >= 0.3 is 6.18 Å². The van der Waals surface area contributed by atoms with Crippen LogP contribution < -0.4 is 5.32 Å². The first kappa shape index (κ1) is 17.7. The lowest BCUT2D eigenvalue weighted by Crippen LogP contribution is -2.33. The summed E-state index contributed by atoms with van der Waals surface area (Å²) in [7, 11) is 0. The topological polar surface area (TPSA) is 80.4 Å². The number of hydrogen-bond donors (Lipinski definition) is 2. The van der Waals surface area contributed by atoms with Crippen LogP contribution in [0.15, 0.2) is 28.7 Å². The summed E-state index contributed by atoms with van der Waals surface area (Å²) < 4.78 is 50.0. The standard InChI is InChI=1S/C18H16F3N3O3/c1-9-6-10(18(19,20)21)7-12(25)15(9)11-2-3-13-16(23-11)24-17(27-13)14-8-22-4-5-26-14/h2-3,6-7,14,22,25H,4-5,8H2,1H3. The molecule has 0 aliphatic carbocycles. The number of ether oxygens (including phenoxy) is 1. The summed E-state index contributed by atoms with van der Waals surface area (Å²) in [6, 6.07) is 4.88. The van der Waals surface area contributed by atoms with Gasteiger partial charge < -0.3 is 19.6 Å². The first-order valence-corrected chi connectivity index (χ1v) is 8.34. The number of alkyl halides is 3. The molecule has 0 radical (unpaired) electrons. The van der Waals surface area contributed by atoms with Crippen molar-refractivity contribution in [1.82, 2.24) is 15.3 Å². The van der Waals surface area contributed by atoms with E-state index in [0.717, 1.165) is 12.6 Å². The van der Waals surface area contributed by atoms with E-state index in [1.165, 1.54) is 6.92 Å². The third-order valence-corrected chi connectivity index (χ3v) is 4.37. The molecule has 1 saturated heterocycles. The second kappa shape index (κ2) is 6.50. The highest BCUT2D eigenvalue weighted by Gasteiger charge is 2.32. The Labute approximate surface area is 152 Å². The van der Waals surface area contributed by atoms with Crippen LogP contribution in [0.25, 0.3) is 22.5 Å². The molecule has 2 aromatic heterocycles. The Hall–Kier alpha value is -2.65. The van der Waals surface area contributed by atoms with Crippen molar-refractivity contribution >= 4 is 11.2 Å². The van der Waals surface area contributed by atoms with Gasteiger partial charge in [0.1, 0.15) is 11.9 Å². The second-order valence-electron chi connectivity index (χ2n) is 6.32. The molecule has 4 rings (SSSR count). The van der Waals surface area contributed by atoms with E-state index in [4.69, 9.17) is 9.15 Å². The molecule has 142 valence electrons. The minimum absolute atomic E-state index is 0.227. The maximum absolute atomic E-state index is 12.9. The van der Waals surface area contributed by atoms with Gasteiger partial charge in [-0.25, -0.2) is 4.98 Å². The first-order valence-electron chi connectivity index (χ1n) is 8.34. The molecular formula is C18H16F3N3O3. The smallest absolute Gasteiger partial charge is 0.416 e. The zero-order valence-corrected chi connectivity index (χ0v) is 14.3. The average molecular weight is 379 g/mol. The van der Waals surface area contributed by atoms with Gasteiger partial charge in [0, 0.05) is 18.7 Å². The number of nitrogens with zero attached hydrogens (tertiary/aromatic N) is 2. The number of aromatic nitrogens is 2. The number of pyridine rings is 1. The van der Waals surface area contributed by atoms with Crippen LogP contribution in [0.1, 0.15) is 23.1 Å². The molecule has 0 spiro atoms. The molecule has 0 amide bonds. The molecule has 3 aromatic rings. The number of hydrogen-bond acceptors (Lipinski definition) is 6. The van der Waals surface area contributed by atoms with Crippen molar-refractivity contribution in [2.45, 2.75) is 19.2 Å². The van der Waals surface area contributed by atoms with Crippen molar-refractivity contribution in [1.29, 1.82) is 0 Å². The number of halogens is 3. The van der Waals surface area contributed by atoms with Crippen LogP contribution in [0.2, 0.25) is 0 Å². The summed E-state index contributed by atoms with van der Waals surface area (Å²) >= 11 is 0. The number of phenols is 1. The molecule has 1 aliphatic rings. The number of aryl methyl sites for hydroxylation is 1. The number of nitrogens with one attached hydrogen (secondary N) is 1. The minimum atomic E-state index is -4.53. The lowest BCUT2D eigenvalue weighted by molar-refractivity contribution is -0.137. The largest absolute Gasteiger partial charge is 0.507 e. The Balaban J connectivity index is 1.74. The van der Waals surface area contributed by atoms with Crippen LogP contribution in [-0.4, -0.2) is 34.8 Å². The van der Waals surface area contributed by atoms with Gasteiger partial charge in [-0.3, -0.25) is 0 Å². The van der Waals surface area contributed by atoms with E-state index in [1.807, 2.05) is 0 Å². The van der Waals surface area contributed by atoms with Gasteiger partial charge in [0.15, 0.2) is 11.2 Å². The Kier molecular flexibility index (Phi) is 4.27. The molecule has 1 unspecified atom stereocenters. The van der Waals surface area contributed by atoms with Crippen LogP contribution in [0.5, 0.6) is 5.75 Å². The first-order chi connectivity index (χ1) is 12.8. The number of aromatic hydroxyl groups is 1. The average Bonchev–Trinajstić information content (AvgIpc) is 3.04. The minimum Gasteiger partial charge on any atom is -0.507 e. The highest BCUT2D eigenvalue weighted by atomic mass is 19.4. The molecule has 9 heteroatoms. The summed E-state index contributed by atoms with van der Waals surface area (Å²) in [4.78, 5) is 8.69. The van der Waals surface area contributed by atoms with Crippen molar-refractivity contribution in [3.63, 3.8) is 0 Å². The summed E-state index contributed by atoms with van der Waals surface area (Å²) in [5.74, 6) is -0.104. The van der Waals surface area contributed by atoms with E-state index in [0.29, 0.717) is 42.0 Å². The molecule has 2 N–H and O–H groups in total. The van der Waals surface area contributed by atoms with Crippen molar-refractivity contribution in [3.05, 3.63) is 41.3 Å². The molecule has 1 fully saturated rings. The van der Waals surface area contributed by atoms with E-state index < -0.39 is 17.5 Å². The summed E-state index contributed by atoms with van der Waals surface area (Å²) in [6.07, 6.45) is -4.86. The van der Waals surface area contributed by atoms with E-state index in [2.05, 4.69) is 15.3 Å². The number of rotatable bonds is 2. The van der Waals surface area contributed by atoms with Crippen molar-refractivity contribution in [2.24, 2.45) is 0 Å². The van der Waals surface area contributed by atoms with Gasteiger partial charge in [-0.2, -0.15) is 18.2 Å². The number of oxazole rings is 1. The molecule has 0 bridgehead atoms. The van der Waals surface area contributed by atoms with Crippen molar-refractivity contribution in [2.75, 3.05) is 19.7 Å². The zero-order chi connectivity index (χ0) is 19.2. The van der Waals surface area contributed by atoms with Crippen LogP contribution in [-0.2, 0) is 10.9 Å². The highest BCUT2D eigenvalue weighted by Crippen LogP contribution is 2.39. The van der Waals surface area contributed by atoms with Gasteiger partial charge in [0.05, 0.1) is 17.9 Å². The molecule has 1 aromatic carbocycles. The van der Waals surface area contributed by atoms with Gasteiger partial charge in [0.2, 0.25) is 5.89 Å². The summed E-state index contributed by atoms with van der Waals surface area (Å²) in [5, 5.41) is 13.3. The number of benzene rings is 1. The Morgan fingerprint density at radius 2 is 2.04 bits per heavy atom. The Morgan fingerprint density at radius 3 is 2.70 bits per heavy atom. The van der Waals surface area contributed by atoms with Crippen molar-refractivity contribution in [3.8, 4) is 17.0 Å². The summed E-state index contributed by atoms with van der Waals surface area (Å²) in [6.45, 7) is 3.36. The van der Waals surface area contributed by atoms with Gasteiger partial charge in [-0.1, -0.05) is 0 Å². The normalized spacial score (nSPS) is 18.1. The van der Waals surface area contributed by atoms with Gasteiger partial charge in [-0.05, 0) is 36.8 Å². The maximum atomic E-state index is 12.9. The predicted molar refractivity (Wildman–Crippen MR) is 90.2 cm³/mol. The van der Waals surface area contributed by atoms with Crippen LogP contribution >= 0.6 is 0 Å². The lowest BCUT2D eigenvalue weighted by Gasteiger charge is -2.20. The molecule has 3 heterocycles. The quantitative estimate of drug-likeness (QED) is 0.708. The maximum Gasteiger partial charge on any atom is 0.416 e. The number of fused-ring (bicyclic) bond motifs is 1. The Morgan fingerprint density at radius 1 is 1.22 bits per heavy atom.